The van der Waals surface area contributed by atoms with E-state index in [4.69, 9.17) is 10.00 Å². The van der Waals surface area contributed by atoms with Crippen molar-refractivity contribution in [1.29, 1.82) is 5.26 Å². The first-order valence-electron chi connectivity index (χ1n) is 3.46. The Hall–Kier alpha value is -0.0700. The first-order chi connectivity index (χ1) is 4.84. The summed E-state index contributed by atoms with van der Waals surface area (Å²) in [7, 11) is 0. The van der Waals surface area contributed by atoms with Gasteiger partial charge >= 0.3 is 0 Å². The summed E-state index contributed by atoms with van der Waals surface area (Å²) in [4.78, 5) is 0.0244. The highest BCUT2D eigenvalue weighted by atomic mass is 79.9. The van der Waals surface area contributed by atoms with Gasteiger partial charge in [-0.2, -0.15) is 5.26 Å². The van der Waals surface area contributed by atoms with Crippen LogP contribution in [0.2, 0.25) is 0 Å². The number of hydrogen-bond donors (Lipinski definition) is 0. The fraction of sp³-hybridized carbons (Fsp3) is 0.857. The zero-order chi connectivity index (χ0) is 7.40. The summed E-state index contributed by atoms with van der Waals surface area (Å²) >= 11 is 3.32. The summed E-state index contributed by atoms with van der Waals surface area (Å²) in [5, 5.41) is 8.55. The number of hydrogen-bond acceptors (Lipinski definition) is 2. The number of ether oxygens (including phenoxy) is 1. The average molecular weight is 204 g/mol. The molecule has 0 radical (unpaired) electrons. The number of nitriles is 1. The highest BCUT2D eigenvalue weighted by molar-refractivity contribution is 9.09. The van der Waals surface area contributed by atoms with Crippen molar-refractivity contribution in [3.63, 3.8) is 0 Å². The van der Waals surface area contributed by atoms with Crippen LogP contribution < -0.4 is 0 Å². The van der Waals surface area contributed by atoms with Crippen LogP contribution in [-0.2, 0) is 4.74 Å². The highest BCUT2D eigenvalue weighted by Gasteiger charge is 2.20. The van der Waals surface area contributed by atoms with Crippen molar-refractivity contribution in [3.8, 4) is 6.07 Å². The highest BCUT2D eigenvalue weighted by Crippen LogP contribution is 2.23. The van der Waals surface area contributed by atoms with Gasteiger partial charge in [-0.3, -0.25) is 0 Å². The van der Waals surface area contributed by atoms with Crippen molar-refractivity contribution in [2.24, 2.45) is 5.92 Å². The normalized spacial score (nSPS) is 23.6. The van der Waals surface area contributed by atoms with Gasteiger partial charge in [-0.1, -0.05) is 15.9 Å². The Morgan fingerprint density at radius 2 is 2.10 bits per heavy atom. The Bertz CT molecular complexity index is 137. The minimum atomic E-state index is 0.0244. The number of halogens is 1. The van der Waals surface area contributed by atoms with E-state index in [1.54, 1.807) is 0 Å². The molecule has 1 aliphatic rings. The fourth-order valence-corrected chi connectivity index (χ4v) is 1.64. The van der Waals surface area contributed by atoms with E-state index >= 15 is 0 Å². The maximum Gasteiger partial charge on any atom is 0.104 e. The number of alkyl halides is 1. The molecule has 0 spiro atoms. The zero-order valence-electron chi connectivity index (χ0n) is 5.72. The van der Waals surface area contributed by atoms with Crippen molar-refractivity contribution in [3.05, 3.63) is 0 Å². The minimum Gasteiger partial charge on any atom is -0.381 e. The van der Waals surface area contributed by atoms with Crippen molar-refractivity contribution in [2.75, 3.05) is 13.2 Å². The SMILES string of the molecule is N#CC(Br)C1CCOCC1. The van der Waals surface area contributed by atoms with Crippen LogP contribution in [0.5, 0.6) is 0 Å². The minimum absolute atomic E-state index is 0.0244. The van der Waals surface area contributed by atoms with Crippen LogP contribution in [0, 0.1) is 17.2 Å². The summed E-state index contributed by atoms with van der Waals surface area (Å²) < 4.78 is 5.16. The average Bonchev–Trinajstić information content (AvgIpc) is 2.05. The first kappa shape index (κ1) is 8.03. The van der Waals surface area contributed by atoms with Gasteiger partial charge in [-0.25, -0.2) is 0 Å². The molecule has 0 N–H and O–H groups in total. The molecule has 3 heteroatoms. The van der Waals surface area contributed by atoms with E-state index < -0.39 is 0 Å². The van der Waals surface area contributed by atoms with Gasteiger partial charge in [0.2, 0.25) is 0 Å². The van der Waals surface area contributed by atoms with Crippen LogP contribution >= 0.6 is 15.9 Å². The van der Waals surface area contributed by atoms with Gasteiger partial charge in [-0.05, 0) is 18.8 Å². The molecule has 1 rings (SSSR count). The molecule has 0 aromatic carbocycles. The maximum atomic E-state index is 8.55. The second kappa shape index (κ2) is 3.95. The molecule has 1 saturated heterocycles. The monoisotopic (exact) mass is 203 g/mol. The summed E-state index contributed by atoms with van der Waals surface area (Å²) in [6, 6.07) is 2.20. The van der Waals surface area contributed by atoms with Gasteiger partial charge in [0.25, 0.3) is 0 Å². The van der Waals surface area contributed by atoms with Crippen molar-refractivity contribution in [1.82, 2.24) is 0 Å². The molecule has 0 amide bonds. The third-order valence-electron chi connectivity index (χ3n) is 1.80. The Morgan fingerprint density at radius 1 is 1.50 bits per heavy atom. The fourth-order valence-electron chi connectivity index (χ4n) is 1.11. The Balaban J connectivity index is 2.33. The van der Waals surface area contributed by atoms with Gasteiger partial charge in [0, 0.05) is 13.2 Å². The van der Waals surface area contributed by atoms with Gasteiger partial charge in [-0.15, -0.1) is 0 Å². The van der Waals surface area contributed by atoms with Gasteiger partial charge in [0.05, 0.1) is 6.07 Å². The topological polar surface area (TPSA) is 33.0 Å². The molecule has 0 aromatic rings. The molecule has 2 nitrogen and oxygen atoms in total. The second-order valence-electron chi connectivity index (χ2n) is 2.48. The molecule has 0 bridgehead atoms. The van der Waals surface area contributed by atoms with Crippen molar-refractivity contribution < 1.29 is 4.74 Å². The third-order valence-corrected chi connectivity index (χ3v) is 2.76. The molecule has 0 aromatic heterocycles. The van der Waals surface area contributed by atoms with E-state index in [0.29, 0.717) is 5.92 Å². The lowest BCUT2D eigenvalue weighted by Crippen LogP contribution is -2.22. The smallest absolute Gasteiger partial charge is 0.104 e. The molecule has 10 heavy (non-hydrogen) atoms. The Labute approximate surface area is 69.3 Å². The summed E-state index contributed by atoms with van der Waals surface area (Å²) in [5.74, 6) is 0.499. The molecule has 1 unspecified atom stereocenters. The van der Waals surface area contributed by atoms with Gasteiger partial charge in [0.1, 0.15) is 4.83 Å². The van der Waals surface area contributed by atoms with Crippen LogP contribution in [0.15, 0.2) is 0 Å². The molecule has 0 aliphatic carbocycles. The third kappa shape index (κ3) is 1.96. The lowest BCUT2D eigenvalue weighted by atomic mass is 9.97. The van der Waals surface area contributed by atoms with E-state index in [-0.39, 0.29) is 4.83 Å². The van der Waals surface area contributed by atoms with E-state index in [9.17, 15) is 0 Å². The standard InChI is InChI=1S/C7H10BrNO/c8-7(5-9)6-1-3-10-4-2-6/h6-7H,1-4H2. The summed E-state index contributed by atoms with van der Waals surface area (Å²) in [6.45, 7) is 1.63. The predicted octanol–water partition coefficient (Wildman–Crippen LogP) is 1.70. The van der Waals surface area contributed by atoms with Crippen molar-refractivity contribution >= 4 is 15.9 Å². The van der Waals surface area contributed by atoms with Crippen LogP contribution in [0.3, 0.4) is 0 Å². The number of nitrogens with zero attached hydrogens (tertiary/aromatic N) is 1. The molecule has 1 atom stereocenters. The number of rotatable bonds is 1. The van der Waals surface area contributed by atoms with Gasteiger partial charge in [0.15, 0.2) is 0 Å². The Morgan fingerprint density at radius 3 is 2.60 bits per heavy atom. The van der Waals surface area contributed by atoms with E-state index in [0.717, 1.165) is 26.1 Å². The molecule has 1 fully saturated rings. The zero-order valence-corrected chi connectivity index (χ0v) is 7.30. The lowest BCUT2D eigenvalue weighted by Gasteiger charge is -2.22. The van der Waals surface area contributed by atoms with E-state index in [1.807, 2.05) is 0 Å². The molecular weight excluding hydrogens is 194 g/mol. The van der Waals surface area contributed by atoms with Crippen LogP contribution in [-0.4, -0.2) is 18.0 Å². The largest absolute Gasteiger partial charge is 0.381 e. The first-order valence-corrected chi connectivity index (χ1v) is 4.37. The molecule has 0 saturated carbocycles. The summed E-state index contributed by atoms with van der Waals surface area (Å²) in [5.41, 5.74) is 0. The lowest BCUT2D eigenvalue weighted by molar-refractivity contribution is 0.0695. The van der Waals surface area contributed by atoms with Crippen LogP contribution in [0.1, 0.15) is 12.8 Å². The second-order valence-corrected chi connectivity index (χ2v) is 3.47. The van der Waals surface area contributed by atoms with E-state index in [1.165, 1.54) is 0 Å². The summed E-state index contributed by atoms with van der Waals surface area (Å²) in [6.07, 6.45) is 2.03. The van der Waals surface area contributed by atoms with E-state index in [2.05, 4.69) is 22.0 Å². The molecule has 1 heterocycles. The quantitative estimate of drug-likeness (QED) is 0.609. The predicted molar refractivity (Wildman–Crippen MR) is 41.9 cm³/mol. The van der Waals surface area contributed by atoms with Crippen molar-refractivity contribution in [2.45, 2.75) is 17.7 Å². The Kier molecular flexibility index (Phi) is 3.17. The van der Waals surface area contributed by atoms with Crippen LogP contribution in [0.4, 0.5) is 0 Å². The van der Waals surface area contributed by atoms with Crippen LogP contribution in [0.25, 0.3) is 0 Å². The molecular formula is C7H10BrNO. The maximum absolute atomic E-state index is 8.55. The molecule has 1 aliphatic heterocycles. The molecule has 56 valence electrons. The van der Waals surface area contributed by atoms with Gasteiger partial charge < -0.3 is 4.74 Å².